The number of carbonyl (C=O) groups excluding carboxylic acids is 1. The van der Waals surface area contributed by atoms with Crippen molar-refractivity contribution in [2.75, 3.05) is 0 Å². The van der Waals surface area contributed by atoms with Crippen LogP contribution in [0.4, 0.5) is 0 Å². The summed E-state index contributed by atoms with van der Waals surface area (Å²) in [4.78, 5) is 13.3. The molecular formula is C36H53IO2. The third-order valence-electron chi connectivity index (χ3n) is 12.3. The first-order chi connectivity index (χ1) is 18.5. The molecule has 0 amide bonds. The second kappa shape index (κ2) is 11.4. The number of esters is 1. The standard InChI is InChI=1S/C36H53IO2/c1-22(2)9-8-10-23(3)29-14-15-30-28-13-12-26-21-27(17-19-35(26,6)31(28)18-20-36(29,30)7)39-34(38)33-24(4)11-16-32(37)25(33)5/h11-12,16,22-23,27-31H,8-10,13-15,17-21H2,1-7H3/t23-,27?,28?,29-,30?,31?,35+,36-/m1/s1. The molecule has 0 aliphatic heterocycles. The third kappa shape index (κ3) is 5.41. The van der Waals surface area contributed by atoms with Crippen LogP contribution in [0.2, 0.25) is 0 Å². The lowest BCUT2D eigenvalue weighted by Gasteiger charge is -2.58. The molecule has 3 fully saturated rings. The third-order valence-corrected chi connectivity index (χ3v) is 13.5. The van der Waals surface area contributed by atoms with Gasteiger partial charge in [0.05, 0.1) is 5.56 Å². The fraction of sp³-hybridized carbons (Fsp3) is 0.750. The van der Waals surface area contributed by atoms with Crippen molar-refractivity contribution in [1.82, 2.24) is 0 Å². The van der Waals surface area contributed by atoms with Gasteiger partial charge < -0.3 is 4.74 Å². The summed E-state index contributed by atoms with van der Waals surface area (Å²) in [5.41, 5.74) is 5.28. The van der Waals surface area contributed by atoms with Crippen LogP contribution in [0.25, 0.3) is 0 Å². The minimum atomic E-state index is -0.126. The van der Waals surface area contributed by atoms with Gasteiger partial charge in [-0.15, -0.1) is 0 Å². The molecule has 216 valence electrons. The number of fused-ring (bicyclic) bond motifs is 5. The number of hydrogen-bond donors (Lipinski definition) is 0. The van der Waals surface area contributed by atoms with E-state index in [2.05, 4.69) is 69.4 Å². The van der Waals surface area contributed by atoms with E-state index < -0.39 is 0 Å². The maximum atomic E-state index is 13.3. The van der Waals surface area contributed by atoms with Crippen molar-refractivity contribution in [2.24, 2.45) is 46.3 Å². The van der Waals surface area contributed by atoms with Crippen LogP contribution in [-0.2, 0) is 4.74 Å². The molecule has 3 saturated carbocycles. The Balaban J connectivity index is 1.27. The normalized spacial score (nSPS) is 36.5. The monoisotopic (exact) mass is 644 g/mol. The molecule has 5 rings (SSSR count). The highest BCUT2D eigenvalue weighted by Crippen LogP contribution is 2.67. The molecule has 1 aromatic rings. The van der Waals surface area contributed by atoms with Crippen LogP contribution in [0.3, 0.4) is 0 Å². The summed E-state index contributed by atoms with van der Waals surface area (Å²) in [5, 5.41) is 0. The van der Waals surface area contributed by atoms with Gasteiger partial charge in [-0.1, -0.05) is 71.6 Å². The maximum Gasteiger partial charge on any atom is 0.338 e. The van der Waals surface area contributed by atoms with Gasteiger partial charge in [-0.2, -0.15) is 0 Å². The Labute approximate surface area is 252 Å². The number of ether oxygens (including phenoxy) is 1. The predicted octanol–water partition coefficient (Wildman–Crippen LogP) is 10.5. The van der Waals surface area contributed by atoms with Crippen molar-refractivity contribution in [2.45, 2.75) is 125 Å². The summed E-state index contributed by atoms with van der Waals surface area (Å²) in [6.07, 6.45) is 16.9. The minimum Gasteiger partial charge on any atom is -0.458 e. The van der Waals surface area contributed by atoms with E-state index in [1.165, 1.54) is 57.8 Å². The highest BCUT2D eigenvalue weighted by atomic mass is 127. The zero-order chi connectivity index (χ0) is 28.1. The molecule has 0 aromatic heterocycles. The molecule has 0 spiro atoms. The molecule has 3 heteroatoms. The molecule has 4 aliphatic rings. The summed E-state index contributed by atoms with van der Waals surface area (Å²) < 4.78 is 7.34. The van der Waals surface area contributed by atoms with Gasteiger partial charge in [-0.25, -0.2) is 4.79 Å². The Morgan fingerprint density at radius 1 is 1.03 bits per heavy atom. The maximum absolute atomic E-state index is 13.3. The molecule has 39 heavy (non-hydrogen) atoms. The van der Waals surface area contributed by atoms with Gasteiger partial charge in [-0.05, 0) is 145 Å². The van der Waals surface area contributed by atoms with Gasteiger partial charge in [0.2, 0.25) is 0 Å². The highest BCUT2D eigenvalue weighted by Gasteiger charge is 2.59. The van der Waals surface area contributed by atoms with Crippen molar-refractivity contribution in [3.8, 4) is 0 Å². The van der Waals surface area contributed by atoms with Gasteiger partial charge in [-0.3, -0.25) is 0 Å². The quantitative estimate of drug-likeness (QED) is 0.168. The smallest absolute Gasteiger partial charge is 0.338 e. The van der Waals surface area contributed by atoms with Crippen LogP contribution < -0.4 is 0 Å². The van der Waals surface area contributed by atoms with E-state index in [-0.39, 0.29) is 12.1 Å². The van der Waals surface area contributed by atoms with E-state index in [0.717, 1.165) is 68.6 Å². The predicted molar refractivity (Wildman–Crippen MR) is 171 cm³/mol. The molecule has 8 atom stereocenters. The Hall–Kier alpha value is -0.840. The van der Waals surface area contributed by atoms with Crippen LogP contribution >= 0.6 is 22.6 Å². The van der Waals surface area contributed by atoms with Crippen LogP contribution in [0.5, 0.6) is 0 Å². The number of rotatable bonds is 7. The second-order valence-corrected chi connectivity index (χ2v) is 16.1. The average Bonchev–Trinajstić information content (AvgIpc) is 3.24. The lowest BCUT2D eigenvalue weighted by atomic mass is 9.47. The number of aryl methyl sites for hydroxylation is 1. The summed E-state index contributed by atoms with van der Waals surface area (Å²) in [5.74, 6) is 5.04. The first-order valence-corrected chi connectivity index (χ1v) is 17.2. The molecular weight excluding hydrogens is 591 g/mol. The Bertz CT molecular complexity index is 1100. The van der Waals surface area contributed by atoms with Crippen molar-refractivity contribution < 1.29 is 9.53 Å². The molecule has 0 bridgehead atoms. The van der Waals surface area contributed by atoms with E-state index >= 15 is 0 Å². The summed E-state index contributed by atoms with van der Waals surface area (Å²) in [6.45, 7) is 16.7. The van der Waals surface area contributed by atoms with Gasteiger partial charge >= 0.3 is 5.97 Å². The first kappa shape index (κ1) is 29.6. The lowest BCUT2D eigenvalue weighted by Crippen LogP contribution is -2.51. The van der Waals surface area contributed by atoms with Crippen LogP contribution in [0, 0.1) is 63.8 Å². The second-order valence-electron chi connectivity index (χ2n) is 14.9. The minimum absolute atomic E-state index is 0.0152. The number of allylic oxidation sites excluding steroid dienone is 1. The molecule has 4 aliphatic carbocycles. The zero-order valence-electron chi connectivity index (χ0n) is 25.7. The molecule has 0 heterocycles. The molecule has 2 nitrogen and oxygen atoms in total. The summed E-state index contributed by atoms with van der Waals surface area (Å²) >= 11 is 2.32. The Morgan fingerprint density at radius 3 is 2.54 bits per heavy atom. The summed E-state index contributed by atoms with van der Waals surface area (Å²) in [6, 6.07) is 4.14. The van der Waals surface area contributed by atoms with Crippen molar-refractivity contribution in [1.29, 1.82) is 0 Å². The molecule has 0 N–H and O–H groups in total. The van der Waals surface area contributed by atoms with E-state index in [1.54, 1.807) is 5.57 Å². The van der Waals surface area contributed by atoms with Gasteiger partial charge in [0, 0.05) is 9.99 Å². The SMILES string of the molecule is Cc1ccc(I)c(C)c1C(=O)OC1CC[C@@]2(C)C(=CCC3C2CC[C@@]2(C)C3CC[C@@H]2[C@H](C)CCCC(C)C)C1. The number of halogens is 1. The Kier molecular flexibility index (Phi) is 8.70. The van der Waals surface area contributed by atoms with Crippen molar-refractivity contribution in [3.63, 3.8) is 0 Å². The highest BCUT2D eigenvalue weighted by molar-refractivity contribution is 14.1. The van der Waals surface area contributed by atoms with Crippen LogP contribution in [0.1, 0.15) is 127 Å². The largest absolute Gasteiger partial charge is 0.458 e. The molecule has 0 saturated heterocycles. The van der Waals surface area contributed by atoms with Crippen molar-refractivity contribution in [3.05, 3.63) is 44.0 Å². The Morgan fingerprint density at radius 2 is 1.79 bits per heavy atom. The van der Waals surface area contributed by atoms with Gasteiger partial charge in [0.1, 0.15) is 6.10 Å². The topological polar surface area (TPSA) is 26.3 Å². The zero-order valence-corrected chi connectivity index (χ0v) is 27.9. The number of hydrogen-bond acceptors (Lipinski definition) is 2. The van der Waals surface area contributed by atoms with E-state index in [4.69, 9.17) is 4.74 Å². The number of carbonyl (C=O) groups is 1. The van der Waals surface area contributed by atoms with Gasteiger partial charge in [0.25, 0.3) is 0 Å². The molecule has 4 unspecified atom stereocenters. The molecule has 1 aromatic carbocycles. The summed E-state index contributed by atoms with van der Waals surface area (Å²) in [7, 11) is 0. The van der Waals surface area contributed by atoms with Crippen LogP contribution in [-0.4, -0.2) is 12.1 Å². The fourth-order valence-electron chi connectivity index (χ4n) is 10.1. The first-order valence-electron chi connectivity index (χ1n) is 16.1. The van der Waals surface area contributed by atoms with E-state index in [1.807, 2.05) is 19.9 Å². The lowest BCUT2D eigenvalue weighted by molar-refractivity contribution is -0.0594. The van der Waals surface area contributed by atoms with Crippen molar-refractivity contribution >= 4 is 28.6 Å². The molecule has 0 radical (unpaired) electrons. The van der Waals surface area contributed by atoms with E-state index in [9.17, 15) is 4.79 Å². The fourth-order valence-corrected chi connectivity index (χ4v) is 10.5. The van der Waals surface area contributed by atoms with Crippen LogP contribution in [0.15, 0.2) is 23.8 Å². The average molecular weight is 645 g/mol. The van der Waals surface area contributed by atoms with Gasteiger partial charge in [0.15, 0.2) is 0 Å². The van der Waals surface area contributed by atoms with E-state index in [0.29, 0.717) is 10.8 Å². The number of benzene rings is 1.